The number of rotatable bonds is 4. The molecular weight excluding hydrogens is 212 g/mol. The number of oxime groups is 1. The first kappa shape index (κ1) is 12.0. The van der Waals surface area contributed by atoms with Crippen molar-refractivity contribution < 1.29 is 14.4 Å². The second-order valence-corrected chi connectivity index (χ2v) is 3.16. The number of nitrogens with one attached hydrogen (secondary N) is 1. The number of carbonyl (C=O) groups is 2. The SMILES string of the molecule is CON=C(C#N)C(=O)NCN1CCCC1=O. The zero-order valence-corrected chi connectivity index (χ0v) is 8.89. The number of hydrogen-bond acceptors (Lipinski definition) is 5. The average Bonchev–Trinajstić information content (AvgIpc) is 2.68. The molecule has 1 N–H and O–H groups in total. The number of nitrogens with zero attached hydrogens (tertiary/aromatic N) is 3. The molecule has 0 aromatic rings. The van der Waals surface area contributed by atoms with Gasteiger partial charge in [-0.05, 0) is 6.42 Å². The van der Waals surface area contributed by atoms with Crippen LogP contribution in [0.4, 0.5) is 0 Å². The van der Waals surface area contributed by atoms with Gasteiger partial charge in [0.1, 0.15) is 13.2 Å². The van der Waals surface area contributed by atoms with Gasteiger partial charge in [-0.2, -0.15) is 5.26 Å². The molecule has 16 heavy (non-hydrogen) atoms. The van der Waals surface area contributed by atoms with E-state index in [4.69, 9.17) is 5.26 Å². The Balaban J connectivity index is 2.43. The van der Waals surface area contributed by atoms with E-state index in [-0.39, 0.29) is 18.3 Å². The molecule has 1 rings (SSSR count). The van der Waals surface area contributed by atoms with E-state index in [2.05, 4.69) is 15.3 Å². The molecule has 86 valence electrons. The van der Waals surface area contributed by atoms with Crippen LogP contribution in [0.15, 0.2) is 5.16 Å². The van der Waals surface area contributed by atoms with Gasteiger partial charge >= 0.3 is 0 Å². The van der Waals surface area contributed by atoms with Crippen molar-refractivity contribution in [1.29, 1.82) is 5.26 Å². The standard InChI is InChI=1S/C9H12N4O3/c1-16-12-7(5-10)9(15)11-6-13-4-2-3-8(13)14/h2-4,6H2,1H3,(H,11,15). The highest BCUT2D eigenvalue weighted by Crippen LogP contribution is 2.07. The molecule has 0 aromatic carbocycles. The molecule has 7 heteroatoms. The van der Waals surface area contributed by atoms with E-state index in [0.717, 1.165) is 6.42 Å². The minimum atomic E-state index is -0.649. The highest BCUT2D eigenvalue weighted by Gasteiger charge is 2.21. The largest absolute Gasteiger partial charge is 0.398 e. The van der Waals surface area contributed by atoms with Crippen LogP contribution in [0.1, 0.15) is 12.8 Å². The van der Waals surface area contributed by atoms with Crippen molar-refractivity contribution >= 4 is 17.5 Å². The van der Waals surface area contributed by atoms with E-state index in [1.54, 1.807) is 6.07 Å². The molecule has 0 radical (unpaired) electrons. The molecule has 0 aromatic heterocycles. The predicted molar refractivity (Wildman–Crippen MR) is 54.0 cm³/mol. The fourth-order valence-electron chi connectivity index (χ4n) is 1.33. The first-order valence-corrected chi connectivity index (χ1v) is 4.76. The van der Waals surface area contributed by atoms with Crippen molar-refractivity contribution in [3.8, 4) is 6.07 Å². The van der Waals surface area contributed by atoms with Crippen LogP contribution < -0.4 is 5.32 Å². The van der Waals surface area contributed by atoms with Crippen LogP contribution >= 0.6 is 0 Å². The molecule has 0 bridgehead atoms. The second-order valence-electron chi connectivity index (χ2n) is 3.16. The first-order valence-electron chi connectivity index (χ1n) is 4.76. The molecule has 1 saturated heterocycles. The van der Waals surface area contributed by atoms with Crippen LogP contribution in [0.3, 0.4) is 0 Å². The molecule has 0 atom stereocenters. The number of hydrogen-bond donors (Lipinski definition) is 1. The lowest BCUT2D eigenvalue weighted by atomic mass is 10.4. The lowest BCUT2D eigenvalue weighted by molar-refractivity contribution is -0.128. The third kappa shape index (κ3) is 2.95. The Morgan fingerprint density at radius 3 is 3.00 bits per heavy atom. The van der Waals surface area contributed by atoms with Crippen molar-refractivity contribution in [2.75, 3.05) is 20.3 Å². The van der Waals surface area contributed by atoms with Crippen LogP contribution in [-0.4, -0.2) is 42.7 Å². The Labute approximate surface area is 92.6 Å². The van der Waals surface area contributed by atoms with Gasteiger partial charge in [0, 0.05) is 13.0 Å². The van der Waals surface area contributed by atoms with E-state index in [0.29, 0.717) is 13.0 Å². The highest BCUT2D eigenvalue weighted by atomic mass is 16.6. The Bertz CT molecular complexity index is 358. The van der Waals surface area contributed by atoms with Crippen LogP contribution in [0, 0.1) is 11.3 Å². The summed E-state index contributed by atoms with van der Waals surface area (Å²) in [5.41, 5.74) is -0.367. The topological polar surface area (TPSA) is 94.8 Å². The number of likely N-dealkylation sites (tertiary alicyclic amines) is 1. The summed E-state index contributed by atoms with van der Waals surface area (Å²) in [6, 6.07) is 1.60. The Kier molecular flexibility index (Phi) is 4.27. The second kappa shape index (κ2) is 5.70. The van der Waals surface area contributed by atoms with E-state index in [9.17, 15) is 9.59 Å². The summed E-state index contributed by atoms with van der Waals surface area (Å²) >= 11 is 0. The molecular formula is C9H12N4O3. The summed E-state index contributed by atoms with van der Waals surface area (Å²) in [6.45, 7) is 0.727. The van der Waals surface area contributed by atoms with Gasteiger partial charge in [0.25, 0.3) is 5.91 Å². The Morgan fingerprint density at radius 2 is 2.50 bits per heavy atom. The molecule has 1 heterocycles. The fourth-order valence-corrected chi connectivity index (χ4v) is 1.33. The fraction of sp³-hybridized carbons (Fsp3) is 0.556. The predicted octanol–water partition coefficient (Wildman–Crippen LogP) is -0.792. The van der Waals surface area contributed by atoms with E-state index < -0.39 is 5.91 Å². The first-order chi connectivity index (χ1) is 7.69. The van der Waals surface area contributed by atoms with Gasteiger partial charge in [-0.1, -0.05) is 5.16 Å². The summed E-state index contributed by atoms with van der Waals surface area (Å²) in [4.78, 5) is 28.4. The quantitative estimate of drug-likeness (QED) is 0.500. The smallest absolute Gasteiger partial charge is 0.285 e. The normalized spacial score (nSPS) is 15.9. The molecule has 1 aliphatic heterocycles. The van der Waals surface area contributed by atoms with E-state index >= 15 is 0 Å². The molecule has 7 nitrogen and oxygen atoms in total. The van der Waals surface area contributed by atoms with Gasteiger partial charge in [0.2, 0.25) is 11.6 Å². The summed E-state index contributed by atoms with van der Waals surface area (Å²) < 4.78 is 0. The van der Waals surface area contributed by atoms with Gasteiger partial charge in [0.15, 0.2) is 0 Å². The van der Waals surface area contributed by atoms with E-state index in [1.807, 2.05) is 0 Å². The van der Waals surface area contributed by atoms with E-state index in [1.165, 1.54) is 12.0 Å². The van der Waals surface area contributed by atoms with Gasteiger partial charge in [0.05, 0.1) is 6.67 Å². The highest BCUT2D eigenvalue weighted by molar-refractivity contribution is 6.45. The number of amides is 2. The van der Waals surface area contributed by atoms with Gasteiger partial charge in [-0.25, -0.2) is 0 Å². The number of nitriles is 1. The lowest BCUT2D eigenvalue weighted by Crippen LogP contribution is -2.40. The summed E-state index contributed by atoms with van der Waals surface area (Å²) in [6.07, 6.45) is 1.30. The van der Waals surface area contributed by atoms with Crippen molar-refractivity contribution in [3.05, 3.63) is 0 Å². The zero-order chi connectivity index (χ0) is 12.0. The molecule has 0 unspecified atom stereocenters. The zero-order valence-electron chi connectivity index (χ0n) is 8.89. The molecule has 1 fully saturated rings. The molecule has 2 amide bonds. The van der Waals surface area contributed by atoms with Crippen molar-refractivity contribution in [2.24, 2.45) is 5.16 Å². The number of carbonyl (C=O) groups excluding carboxylic acids is 2. The van der Waals surface area contributed by atoms with Gasteiger partial charge in [-0.3, -0.25) is 9.59 Å². The van der Waals surface area contributed by atoms with Gasteiger partial charge < -0.3 is 15.1 Å². The summed E-state index contributed by atoms with van der Waals surface area (Å²) in [5.74, 6) is -0.647. The molecule has 0 saturated carbocycles. The van der Waals surface area contributed by atoms with Crippen molar-refractivity contribution in [3.63, 3.8) is 0 Å². The minimum Gasteiger partial charge on any atom is -0.398 e. The Morgan fingerprint density at radius 1 is 1.75 bits per heavy atom. The monoisotopic (exact) mass is 224 g/mol. The van der Waals surface area contributed by atoms with Crippen LogP contribution in [0.2, 0.25) is 0 Å². The Hall–Kier alpha value is -2.10. The molecule has 0 spiro atoms. The third-order valence-corrected chi connectivity index (χ3v) is 2.11. The lowest BCUT2D eigenvalue weighted by Gasteiger charge is -2.15. The summed E-state index contributed by atoms with van der Waals surface area (Å²) in [5, 5.41) is 14.2. The summed E-state index contributed by atoms with van der Waals surface area (Å²) in [7, 11) is 1.24. The van der Waals surface area contributed by atoms with Crippen LogP contribution in [0.25, 0.3) is 0 Å². The van der Waals surface area contributed by atoms with Crippen molar-refractivity contribution in [1.82, 2.24) is 10.2 Å². The molecule has 0 aliphatic carbocycles. The minimum absolute atomic E-state index is 0.00230. The van der Waals surface area contributed by atoms with Crippen LogP contribution in [0.5, 0.6) is 0 Å². The van der Waals surface area contributed by atoms with Crippen LogP contribution in [-0.2, 0) is 14.4 Å². The third-order valence-electron chi connectivity index (χ3n) is 2.11. The van der Waals surface area contributed by atoms with Crippen molar-refractivity contribution in [2.45, 2.75) is 12.8 Å². The van der Waals surface area contributed by atoms with Gasteiger partial charge in [-0.15, -0.1) is 0 Å². The maximum Gasteiger partial charge on any atom is 0.285 e. The molecule has 1 aliphatic rings. The maximum absolute atomic E-state index is 11.3. The average molecular weight is 224 g/mol. The maximum atomic E-state index is 11.3.